The summed E-state index contributed by atoms with van der Waals surface area (Å²) in [5, 5.41) is 12.7. The molecule has 158 valence electrons. The largest absolute Gasteiger partial charge is 0.422 e. The number of hydrogen-bond donors (Lipinski definition) is 3. The summed E-state index contributed by atoms with van der Waals surface area (Å²) in [6.45, 7) is 9.46. The van der Waals surface area contributed by atoms with Crippen LogP contribution >= 0.6 is 7.60 Å². The van der Waals surface area contributed by atoms with Gasteiger partial charge in [-0.05, 0) is 47.6 Å². The predicted octanol–water partition coefficient (Wildman–Crippen LogP) is 3.83. The summed E-state index contributed by atoms with van der Waals surface area (Å²) in [5.74, 6) is 0. The number of nitriles is 1. The highest BCUT2D eigenvalue weighted by Crippen LogP contribution is 2.51. The van der Waals surface area contributed by atoms with Gasteiger partial charge in [0.2, 0.25) is 0 Å². The molecule has 7 nitrogen and oxygen atoms in total. The molecule has 3 N–H and O–H groups in total. The molecule has 0 saturated carbocycles. The van der Waals surface area contributed by atoms with Gasteiger partial charge in [-0.25, -0.2) is 4.79 Å². The van der Waals surface area contributed by atoms with Crippen molar-refractivity contribution < 1.29 is 18.8 Å². The van der Waals surface area contributed by atoms with Crippen molar-refractivity contribution in [3.8, 4) is 6.07 Å². The lowest BCUT2D eigenvalue weighted by molar-refractivity contribution is 0.305. The maximum atomic E-state index is 12.7. The summed E-state index contributed by atoms with van der Waals surface area (Å²) in [7, 11) is -4.79. The molecule has 4 rings (SSSR count). The van der Waals surface area contributed by atoms with Crippen LogP contribution in [0.5, 0.6) is 0 Å². The van der Waals surface area contributed by atoms with Gasteiger partial charge in [0.05, 0.1) is 5.56 Å². The topological polar surface area (TPSA) is 124 Å². The van der Waals surface area contributed by atoms with Gasteiger partial charge in [0.25, 0.3) is 0 Å². The molecule has 2 aromatic rings. The zero-order valence-corrected chi connectivity index (χ0v) is 18.3. The molecule has 1 atom stereocenters. The van der Waals surface area contributed by atoms with E-state index in [4.69, 9.17) is 9.68 Å². The molecule has 2 aliphatic rings. The minimum atomic E-state index is -4.79. The van der Waals surface area contributed by atoms with Crippen LogP contribution in [0.25, 0.3) is 17.0 Å². The van der Waals surface area contributed by atoms with Gasteiger partial charge in [-0.3, -0.25) is 4.57 Å². The zero-order chi connectivity index (χ0) is 22.1. The fraction of sp³-hybridized carbons (Fsp3) is 0.455. The number of nitrogens with one attached hydrogen (secondary N) is 1. The Morgan fingerprint density at radius 1 is 1.30 bits per heavy atom. The second-order valence-corrected chi connectivity index (χ2v) is 11.1. The van der Waals surface area contributed by atoms with E-state index in [0.29, 0.717) is 11.0 Å². The van der Waals surface area contributed by atoms with E-state index < -0.39 is 18.5 Å². The van der Waals surface area contributed by atoms with E-state index in [0.717, 1.165) is 31.0 Å². The van der Waals surface area contributed by atoms with E-state index in [2.05, 4.69) is 33.0 Å². The standard InChI is InChI=1S/C22H25N2O5P/c1-21(2)6-5-16-17-15(22(3,4)11-24-16)9-12-7-13(8-14(10-23)30(26,27)28)20(25)29-19(12)18(17)21/h7-9,16,24H,5-6,11H2,1-4H3,(H2,26,27,28)/b14-8+. The van der Waals surface area contributed by atoms with Crippen molar-refractivity contribution in [3.63, 3.8) is 0 Å². The van der Waals surface area contributed by atoms with Crippen molar-refractivity contribution in [2.45, 2.75) is 57.4 Å². The van der Waals surface area contributed by atoms with Crippen molar-refractivity contribution in [2.24, 2.45) is 0 Å². The monoisotopic (exact) mass is 428 g/mol. The van der Waals surface area contributed by atoms with Crippen molar-refractivity contribution in [2.75, 3.05) is 6.54 Å². The highest BCUT2D eigenvalue weighted by molar-refractivity contribution is 7.57. The summed E-state index contributed by atoms with van der Waals surface area (Å²) in [6.07, 6.45) is 2.88. The highest BCUT2D eigenvalue weighted by Gasteiger charge is 2.42. The highest BCUT2D eigenvalue weighted by atomic mass is 31.2. The first kappa shape index (κ1) is 21.0. The molecule has 2 heterocycles. The Labute approximate surface area is 174 Å². The molecule has 0 bridgehead atoms. The molecular formula is C22H25N2O5P. The van der Waals surface area contributed by atoms with Gasteiger partial charge in [-0.15, -0.1) is 0 Å². The summed E-state index contributed by atoms with van der Waals surface area (Å²) >= 11 is 0. The molecule has 30 heavy (non-hydrogen) atoms. The molecule has 0 saturated heterocycles. The average Bonchev–Trinajstić information content (AvgIpc) is 2.63. The Kier molecular flexibility index (Phi) is 4.65. The van der Waals surface area contributed by atoms with Crippen LogP contribution in [0.1, 0.15) is 68.8 Å². The van der Waals surface area contributed by atoms with Gasteiger partial charge in [0, 0.05) is 29.0 Å². The SMILES string of the molecule is CC1(C)CNC2CCC(C)(C)c3c2c1cc1cc(/C=C(\C#N)P(=O)(O)O)c(=O)oc31. The van der Waals surface area contributed by atoms with Crippen LogP contribution < -0.4 is 10.9 Å². The summed E-state index contributed by atoms with van der Waals surface area (Å²) < 4.78 is 17.2. The third-order valence-electron chi connectivity index (χ3n) is 6.41. The summed E-state index contributed by atoms with van der Waals surface area (Å²) in [4.78, 5) is 31.4. The molecule has 1 aromatic carbocycles. The number of rotatable bonds is 2. The predicted molar refractivity (Wildman–Crippen MR) is 114 cm³/mol. The van der Waals surface area contributed by atoms with E-state index >= 15 is 0 Å². The third kappa shape index (κ3) is 3.25. The third-order valence-corrected chi connectivity index (χ3v) is 7.27. The molecule has 8 heteroatoms. The Bertz CT molecular complexity index is 1240. The smallest absolute Gasteiger partial charge is 0.366 e. The first-order chi connectivity index (χ1) is 13.8. The van der Waals surface area contributed by atoms with Crippen LogP contribution in [-0.2, 0) is 15.4 Å². The Morgan fingerprint density at radius 2 is 2.00 bits per heavy atom. The number of hydrogen-bond acceptors (Lipinski definition) is 5. The van der Waals surface area contributed by atoms with Crippen LogP contribution in [0.3, 0.4) is 0 Å². The lowest BCUT2D eigenvalue weighted by Gasteiger charge is -2.46. The molecular weight excluding hydrogens is 403 g/mol. The maximum Gasteiger partial charge on any atom is 0.366 e. The second-order valence-electron chi connectivity index (χ2n) is 9.55. The number of nitrogens with zero attached hydrogens (tertiary/aromatic N) is 1. The molecule has 1 unspecified atom stereocenters. The van der Waals surface area contributed by atoms with Crippen LogP contribution in [-0.4, -0.2) is 16.3 Å². The van der Waals surface area contributed by atoms with Gasteiger partial charge in [-0.1, -0.05) is 27.7 Å². The minimum Gasteiger partial charge on any atom is -0.422 e. The second kappa shape index (κ2) is 6.63. The maximum absolute atomic E-state index is 12.7. The van der Waals surface area contributed by atoms with E-state index in [1.54, 1.807) is 6.07 Å². The number of allylic oxidation sites excluding steroid dienone is 1. The minimum absolute atomic E-state index is 0.0496. The van der Waals surface area contributed by atoms with E-state index in [1.807, 2.05) is 6.07 Å². The molecule has 1 aliphatic heterocycles. The Morgan fingerprint density at radius 3 is 2.63 bits per heavy atom. The molecule has 0 amide bonds. The normalized spacial score (nSPS) is 22.4. The van der Waals surface area contributed by atoms with Crippen molar-refractivity contribution in [3.05, 3.63) is 50.1 Å². The lowest BCUT2D eigenvalue weighted by Crippen LogP contribution is -2.45. The molecule has 0 spiro atoms. The first-order valence-corrected chi connectivity index (χ1v) is 11.5. The number of fused-ring (bicyclic) bond motifs is 2. The van der Waals surface area contributed by atoms with Gasteiger partial charge < -0.3 is 19.5 Å². The lowest BCUT2D eigenvalue weighted by atomic mass is 9.64. The molecule has 0 fully saturated rings. The fourth-order valence-corrected chi connectivity index (χ4v) is 5.21. The summed E-state index contributed by atoms with van der Waals surface area (Å²) in [5.41, 5.74) is 2.85. The molecule has 1 aliphatic carbocycles. The van der Waals surface area contributed by atoms with Crippen LogP contribution in [0.4, 0.5) is 0 Å². The van der Waals surface area contributed by atoms with Gasteiger partial charge >= 0.3 is 13.2 Å². The average molecular weight is 428 g/mol. The Balaban J connectivity index is 2.08. The van der Waals surface area contributed by atoms with Crippen molar-refractivity contribution in [1.29, 1.82) is 5.26 Å². The van der Waals surface area contributed by atoms with E-state index in [1.165, 1.54) is 17.2 Å². The first-order valence-electron chi connectivity index (χ1n) is 9.92. The quantitative estimate of drug-likeness (QED) is 0.377. The summed E-state index contributed by atoms with van der Waals surface area (Å²) in [6, 6.07) is 5.29. The van der Waals surface area contributed by atoms with Gasteiger partial charge in [-0.2, -0.15) is 5.26 Å². The van der Waals surface area contributed by atoms with Crippen molar-refractivity contribution in [1.82, 2.24) is 5.32 Å². The molecule has 1 aromatic heterocycles. The van der Waals surface area contributed by atoms with Gasteiger partial charge in [0.1, 0.15) is 17.0 Å². The Hall–Kier alpha value is -2.23. The molecule has 0 radical (unpaired) electrons. The van der Waals surface area contributed by atoms with Crippen LogP contribution in [0, 0.1) is 11.3 Å². The van der Waals surface area contributed by atoms with Crippen LogP contribution in [0.15, 0.2) is 26.7 Å². The van der Waals surface area contributed by atoms with Crippen LogP contribution in [0.2, 0.25) is 0 Å². The fourth-order valence-electron chi connectivity index (χ4n) is 4.77. The van der Waals surface area contributed by atoms with Gasteiger partial charge in [0.15, 0.2) is 0 Å². The van der Waals surface area contributed by atoms with Crippen molar-refractivity contribution >= 4 is 24.6 Å². The van der Waals surface area contributed by atoms with E-state index in [-0.39, 0.29) is 22.4 Å². The van der Waals surface area contributed by atoms with E-state index in [9.17, 15) is 19.1 Å². The zero-order valence-electron chi connectivity index (χ0n) is 17.4. The number of benzene rings is 1.